The molecule has 2 aromatic carbocycles. The van der Waals surface area contributed by atoms with Gasteiger partial charge in [0.25, 0.3) is 0 Å². The minimum absolute atomic E-state index is 0.523. The molecule has 0 bridgehead atoms. The quantitative estimate of drug-likeness (QED) is 0.544. The second kappa shape index (κ2) is 5.61. The summed E-state index contributed by atoms with van der Waals surface area (Å²) < 4.78 is 0. The highest BCUT2D eigenvalue weighted by Gasteiger charge is 2.06. The predicted octanol–water partition coefficient (Wildman–Crippen LogP) is 5.79. The molecule has 0 saturated carbocycles. The molecule has 20 heavy (non-hydrogen) atoms. The average molecular weight is 323 g/mol. The van der Waals surface area contributed by atoms with Crippen LogP contribution in [-0.4, -0.2) is 4.98 Å². The average Bonchev–Trinajstić information content (AvgIpc) is 2.42. The SMILES string of the molecule is Clc1ccc(Cc2cc3cc(Cl)ccc3nc2Cl)cc1. The van der Waals surface area contributed by atoms with Gasteiger partial charge in [0.05, 0.1) is 5.52 Å². The van der Waals surface area contributed by atoms with Crippen molar-refractivity contribution in [1.82, 2.24) is 4.98 Å². The summed E-state index contributed by atoms with van der Waals surface area (Å²) in [5, 5.41) is 2.93. The number of hydrogen-bond acceptors (Lipinski definition) is 1. The van der Waals surface area contributed by atoms with E-state index in [0.717, 1.165) is 27.1 Å². The van der Waals surface area contributed by atoms with Crippen molar-refractivity contribution in [3.8, 4) is 0 Å². The Kier molecular flexibility index (Phi) is 3.84. The van der Waals surface area contributed by atoms with Gasteiger partial charge in [0, 0.05) is 21.9 Å². The van der Waals surface area contributed by atoms with E-state index in [2.05, 4.69) is 4.98 Å². The Hall–Kier alpha value is -1.28. The lowest BCUT2D eigenvalue weighted by molar-refractivity contribution is 1.17. The Bertz CT molecular complexity index is 767. The van der Waals surface area contributed by atoms with Crippen molar-refractivity contribution in [2.24, 2.45) is 0 Å². The van der Waals surface area contributed by atoms with Crippen LogP contribution in [0, 0.1) is 0 Å². The lowest BCUT2D eigenvalue weighted by Crippen LogP contribution is -1.92. The van der Waals surface area contributed by atoms with Crippen molar-refractivity contribution < 1.29 is 0 Å². The van der Waals surface area contributed by atoms with Crippen LogP contribution in [0.2, 0.25) is 15.2 Å². The Morgan fingerprint density at radius 2 is 1.50 bits per heavy atom. The first-order valence-electron chi connectivity index (χ1n) is 6.11. The molecule has 0 fully saturated rings. The Labute approximate surface area is 132 Å². The summed E-state index contributed by atoms with van der Waals surface area (Å²) in [5.41, 5.74) is 2.96. The molecular formula is C16H10Cl3N. The Morgan fingerprint density at radius 1 is 0.800 bits per heavy atom. The molecule has 1 aromatic heterocycles. The lowest BCUT2D eigenvalue weighted by atomic mass is 10.0. The number of halogens is 3. The van der Waals surface area contributed by atoms with Crippen molar-refractivity contribution in [3.63, 3.8) is 0 Å². The molecule has 4 heteroatoms. The van der Waals surface area contributed by atoms with Gasteiger partial charge in [0.2, 0.25) is 0 Å². The summed E-state index contributed by atoms with van der Waals surface area (Å²) in [6.45, 7) is 0. The smallest absolute Gasteiger partial charge is 0.133 e. The summed E-state index contributed by atoms with van der Waals surface area (Å²) >= 11 is 18.2. The topological polar surface area (TPSA) is 12.9 Å². The van der Waals surface area contributed by atoms with Gasteiger partial charge in [-0.25, -0.2) is 4.98 Å². The molecule has 0 radical (unpaired) electrons. The fourth-order valence-electron chi connectivity index (χ4n) is 2.11. The molecule has 0 atom stereocenters. The van der Waals surface area contributed by atoms with Crippen LogP contribution in [-0.2, 0) is 6.42 Å². The van der Waals surface area contributed by atoms with Gasteiger partial charge >= 0.3 is 0 Å². The molecule has 3 aromatic rings. The standard InChI is InChI=1S/C16H10Cl3N/c17-13-3-1-10(2-4-13)7-12-8-11-9-14(18)5-6-15(11)20-16(12)19/h1-6,8-9H,7H2. The van der Waals surface area contributed by atoms with Crippen molar-refractivity contribution in [2.45, 2.75) is 6.42 Å². The highest BCUT2D eigenvalue weighted by molar-refractivity contribution is 6.32. The first kappa shape index (κ1) is 13.7. The van der Waals surface area contributed by atoms with Crippen molar-refractivity contribution in [2.75, 3.05) is 0 Å². The Balaban J connectivity index is 2.02. The summed E-state index contributed by atoms with van der Waals surface area (Å²) in [5.74, 6) is 0. The van der Waals surface area contributed by atoms with E-state index < -0.39 is 0 Å². The van der Waals surface area contributed by atoms with E-state index in [9.17, 15) is 0 Å². The van der Waals surface area contributed by atoms with E-state index in [1.54, 1.807) is 0 Å². The van der Waals surface area contributed by atoms with E-state index in [0.29, 0.717) is 16.6 Å². The number of nitrogens with zero attached hydrogens (tertiary/aromatic N) is 1. The van der Waals surface area contributed by atoms with Crippen LogP contribution >= 0.6 is 34.8 Å². The monoisotopic (exact) mass is 321 g/mol. The first-order chi connectivity index (χ1) is 9.61. The number of pyridine rings is 1. The highest BCUT2D eigenvalue weighted by atomic mass is 35.5. The maximum atomic E-state index is 6.25. The molecule has 0 amide bonds. The van der Waals surface area contributed by atoms with Gasteiger partial charge in [0.15, 0.2) is 0 Å². The van der Waals surface area contributed by atoms with Crippen LogP contribution in [0.3, 0.4) is 0 Å². The zero-order chi connectivity index (χ0) is 14.1. The third kappa shape index (κ3) is 2.90. The van der Waals surface area contributed by atoms with Crippen LogP contribution in [0.4, 0.5) is 0 Å². The van der Waals surface area contributed by atoms with E-state index in [1.807, 2.05) is 48.5 Å². The maximum Gasteiger partial charge on any atom is 0.133 e. The minimum Gasteiger partial charge on any atom is -0.236 e. The zero-order valence-corrected chi connectivity index (χ0v) is 12.7. The van der Waals surface area contributed by atoms with Gasteiger partial charge in [0.1, 0.15) is 5.15 Å². The van der Waals surface area contributed by atoms with Crippen LogP contribution in [0.25, 0.3) is 10.9 Å². The predicted molar refractivity (Wildman–Crippen MR) is 86.0 cm³/mol. The summed E-state index contributed by atoms with van der Waals surface area (Å²) in [4.78, 5) is 4.41. The van der Waals surface area contributed by atoms with Crippen molar-refractivity contribution >= 4 is 45.7 Å². The number of benzene rings is 2. The molecule has 1 heterocycles. The highest BCUT2D eigenvalue weighted by Crippen LogP contribution is 2.25. The molecule has 100 valence electrons. The fourth-order valence-corrected chi connectivity index (χ4v) is 2.63. The number of aromatic nitrogens is 1. The third-order valence-electron chi connectivity index (χ3n) is 3.11. The molecule has 0 aliphatic heterocycles. The minimum atomic E-state index is 0.523. The lowest BCUT2D eigenvalue weighted by Gasteiger charge is -2.07. The molecule has 3 rings (SSSR count). The van der Waals surface area contributed by atoms with E-state index >= 15 is 0 Å². The van der Waals surface area contributed by atoms with Crippen molar-refractivity contribution in [1.29, 1.82) is 0 Å². The maximum absolute atomic E-state index is 6.25. The van der Waals surface area contributed by atoms with Crippen molar-refractivity contribution in [3.05, 3.63) is 74.9 Å². The molecule has 0 N–H and O–H groups in total. The fraction of sp³-hybridized carbons (Fsp3) is 0.0625. The molecule has 0 unspecified atom stereocenters. The van der Waals surface area contributed by atoms with Gasteiger partial charge < -0.3 is 0 Å². The second-order valence-corrected chi connectivity index (χ2v) is 5.81. The largest absolute Gasteiger partial charge is 0.236 e. The summed E-state index contributed by atoms with van der Waals surface area (Å²) in [7, 11) is 0. The van der Waals surface area contributed by atoms with Crippen LogP contribution in [0.1, 0.15) is 11.1 Å². The first-order valence-corrected chi connectivity index (χ1v) is 7.24. The summed E-state index contributed by atoms with van der Waals surface area (Å²) in [6, 6.07) is 15.3. The van der Waals surface area contributed by atoms with Crippen LogP contribution in [0.15, 0.2) is 48.5 Å². The zero-order valence-electron chi connectivity index (χ0n) is 10.4. The molecule has 1 nitrogen and oxygen atoms in total. The van der Waals surface area contributed by atoms with Gasteiger partial charge in [-0.3, -0.25) is 0 Å². The second-order valence-electron chi connectivity index (χ2n) is 4.58. The third-order valence-corrected chi connectivity index (χ3v) is 3.93. The number of rotatable bonds is 2. The normalized spacial score (nSPS) is 10.9. The van der Waals surface area contributed by atoms with Crippen LogP contribution < -0.4 is 0 Å². The molecular weight excluding hydrogens is 313 g/mol. The molecule has 0 saturated heterocycles. The van der Waals surface area contributed by atoms with Gasteiger partial charge in [-0.15, -0.1) is 0 Å². The van der Waals surface area contributed by atoms with Gasteiger partial charge in [-0.1, -0.05) is 46.9 Å². The van der Waals surface area contributed by atoms with Crippen LogP contribution in [0.5, 0.6) is 0 Å². The molecule has 0 spiro atoms. The van der Waals surface area contributed by atoms with E-state index in [4.69, 9.17) is 34.8 Å². The molecule has 0 aliphatic rings. The van der Waals surface area contributed by atoms with Gasteiger partial charge in [-0.05, 0) is 47.5 Å². The van der Waals surface area contributed by atoms with Gasteiger partial charge in [-0.2, -0.15) is 0 Å². The Morgan fingerprint density at radius 3 is 2.25 bits per heavy atom. The number of hydrogen-bond donors (Lipinski definition) is 0. The van der Waals surface area contributed by atoms with E-state index in [1.165, 1.54) is 0 Å². The number of fused-ring (bicyclic) bond motifs is 1. The summed E-state index contributed by atoms with van der Waals surface area (Å²) in [6.07, 6.45) is 0.714. The van der Waals surface area contributed by atoms with E-state index in [-0.39, 0.29) is 0 Å². The molecule has 0 aliphatic carbocycles.